The Kier molecular flexibility index (Phi) is 8.40. The van der Waals surface area contributed by atoms with Gasteiger partial charge in [-0.3, -0.25) is 0 Å². The highest BCUT2D eigenvalue weighted by atomic mass is 32.2. The predicted octanol–water partition coefficient (Wildman–Crippen LogP) is 5.06. The van der Waals surface area contributed by atoms with Crippen molar-refractivity contribution >= 4 is 39.0 Å². The van der Waals surface area contributed by atoms with Crippen LogP contribution in [0.3, 0.4) is 0 Å². The topological polar surface area (TPSA) is 146 Å². The Hall–Kier alpha value is -3.09. The van der Waals surface area contributed by atoms with Crippen LogP contribution in [0.4, 0.5) is 16.3 Å². The van der Waals surface area contributed by atoms with Crippen LogP contribution in [0, 0.1) is 0 Å². The monoisotopic (exact) mass is 544 g/mol. The number of nitrogens with one attached hydrogen (secondary N) is 3. The van der Waals surface area contributed by atoms with Gasteiger partial charge in [-0.25, -0.2) is 32.9 Å². The zero-order valence-corrected chi connectivity index (χ0v) is 22.7. The summed E-state index contributed by atoms with van der Waals surface area (Å²) in [6, 6.07) is 7.07. The van der Waals surface area contributed by atoms with E-state index in [-0.39, 0.29) is 29.3 Å². The predicted molar refractivity (Wildman–Crippen MR) is 144 cm³/mol. The van der Waals surface area contributed by atoms with Gasteiger partial charge in [-0.15, -0.1) is 11.3 Å². The molecule has 198 valence electrons. The van der Waals surface area contributed by atoms with Crippen LogP contribution in [0.2, 0.25) is 0 Å². The number of hydrogen-bond acceptors (Lipinski definition) is 8. The van der Waals surface area contributed by atoms with E-state index in [0.717, 1.165) is 41.3 Å². The summed E-state index contributed by atoms with van der Waals surface area (Å²) in [6.07, 6.45) is 5.41. The molecule has 0 saturated heterocycles. The molecule has 0 radical (unpaired) electrons. The van der Waals surface area contributed by atoms with Gasteiger partial charge in [-0.2, -0.15) is 0 Å². The molecule has 2 heterocycles. The van der Waals surface area contributed by atoms with Crippen LogP contribution < -0.4 is 15.4 Å². The van der Waals surface area contributed by atoms with Crippen LogP contribution in [0.1, 0.15) is 69.0 Å². The van der Waals surface area contributed by atoms with Crippen molar-refractivity contribution < 1.29 is 18.3 Å². The van der Waals surface area contributed by atoms with Gasteiger partial charge in [-0.1, -0.05) is 26.8 Å². The fraction of sp³-hybridized carbons (Fsp3) is 0.440. The van der Waals surface area contributed by atoms with Crippen LogP contribution in [0.25, 0.3) is 10.4 Å². The number of aromatic nitrogens is 3. The Morgan fingerprint density at radius 3 is 2.57 bits per heavy atom. The van der Waals surface area contributed by atoms with E-state index >= 15 is 0 Å². The molecule has 0 atom stereocenters. The Morgan fingerprint density at radius 2 is 1.89 bits per heavy atom. The number of carbonyl (C=O) groups is 1. The molecule has 1 amide bonds. The maximum atomic E-state index is 13.2. The zero-order valence-electron chi connectivity index (χ0n) is 21.1. The van der Waals surface area contributed by atoms with Crippen molar-refractivity contribution in [3.8, 4) is 10.4 Å². The standard InChI is InChI=1S/C25H32N6O4S2/c1-4-29-37(34,35)22-11-18(30-23-12-20(15(2)3)27-14-28-23)9-10-19(22)21-13-26-24(36-21)16-5-7-17(8-6-16)31-25(32)33/h9-17,29,31H,4-8H2,1-3H3,(H,32,33)(H,27,28,30). The fourth-order valence-corrected chi connectivity index (χ4v) is 6.93. The lowest BCUT2D eigenvalue weighted by Crippen LogP contribution is -2.36. The van der Waals surface area contributed by atoms with Crippen LogP contribution in [-0.4, -0.2) is 47.2 Å². The number of thiazole rings is 1. The fourth-order valence-electron chi connectivity index (χ4n) is 4.46. The lowest BCUT2D eigenvalue weighted by Gasteiger charge is -2.27. The van der Waals surface area contributed by atoms with Crippen molar-refractivity contribution in [3.05, 3.63) is 47.5 Å². The van der Waals surface area contributed by atoms with Gasteiger partial charge in [0.1, 0.15) is 12.1 Å². The Bertz CT molecular complexity index is 1350. The van der Waals surface area contributed by atoms with Crippen molar-refractivity contribution in [3.63, 3.8) is 0 Å². The summed E-state index contributed by atoms with van der Waals surface area (Å²) in [7, 11) is -3.77. The molecule has 37 heavy (non-hydrogen) atoms. The van der Waals surface area contributed by atoms with Gasteiger partial charge in [0.05, 0.1) is 14.8 Å². The van der Waals surface area contributed by atoms with Gasteiger partial charge in [0.25, 0.3) is 0 Å². The Balaban J connectivity index is 1.61. The number of nitrogens with zero attached hydrogens (tertiary/aromatic N) is 3. The first-order chi connectivity index (χ1) is 17.7. The number of amides is 1. The second-order valence-corrected chi connectivity index (χ2v) is 12.2. The summed E-state index contributed by atoms with van der Waals surface area (Å²) in [6.45, 7) is 6.10. The largest absolute Gasteiger partial charge is 0.465 e. The van der Waals surface area contributed by atoms with E-state index in [9.17, 15) is 13.2 Å². The van der Waals surface area contributed by atoms with Gasteiger partial charge in [0, 0.05) is 47.7 Å². The minimum Gasteiger partial charge on any atom is -0.465 e. The number of rotatable bonds is 9. The van der Waals surface area contributed by atoms with E-state index in [1.54, 1.807) is 25.3 Å². The number of benzene rings is 1. The first-order valence-electron chi connectivity index (χ1n) is 12.3. The van der Waals surface area contributed by atoms with Crippen LogP contribution in [0.5, 0.6) is 0 Å². The molecule has 1 fully saturated rings. The third kappa shape index (κ3) is 6.62. The minimum absolute atomic E-state index is 0.0309. The molecule has 0 bridgehead atoms. The molecule has 0 unspecified atom stereocenters. The van der Waals surface area contributed by atoms with Crippen molar-refractivity contribution in [2.75, 3.05) is 11.9 Å². The summed E-state index contributed by atoms with van der Waals surface area (Å²) < 4.78 is 28.9. The first-order valence-corrected chi connectivity index (χ1v) is 14.6. The quantitative estimate of drug-likeness (QED) is 0.292. The van der Waals surface area contributed by atoms with Gasteiger partial charge < -0.3 is 15.7 Å². The van der Waals surface area contributed by atoms with Gasteiger partial charge >= 0.3 is 6.09 Å². The van der Waals surface area contributed by atoms with Gasteiger partial charge in [0.2, 0.25) is 10.0 Å². The van der Waals surface area contributed by atoms with Crippen molar-refractivity contribution in [1.29, 1.82) is 0 Å². The van der Waals surface area contributed by atoms with Crippen LogP contribution >= 0.6 is 11.3 Å². The van der Waals surface area contributed by atoms with E-state index in [2.05, 4.69) is 30.3 Å². The van der Waals surface area contributed by atoms with Crippen LogP contribution in [0.15, 0.2) is 41.7 Å². The maximum absolute atomic E-state index is 13.2. The highest BCUT2D eigenvalue weighted by molar-refractivity contribution is 7.89. The molecule has 2 aromatic heterocycles. The van der Waals surface area contributed by atoms with E-state index < -0.39 is 16.1 Å². The highest BCUT2D eigenvalue weighted by Crippen LogP contribution is 2.40. The molecule has 3 aromatic rings. The average molecular weight is 545 g/mol. The van der Waals surface area contributed by atoms with Crippen LogP contribution in [-0.2, 0) is 10.0 Å². The minimum atomic E-state index is -3.77. The lowest BCUT2D eigenvalue weighted by molar-refractivity contribution is 0.185. The molecular weight excluding hydrogens is 512 g/mol. The average Bonchev–Trinajstić information content (AvgIpc) is 3.34. The molecule has 0 spiro atoms. The molecule has 4 rings (SSSR count). The Morgan fingerprint density at radius 1 is 1.14 bits per heavy atom. The number of carboxylic acid groups (broad SMARTS) is 1. The summed E-state index contributed by atoms with van der Waals surface area (Å²) in [5, 5.41) is 15.7. The van der Waals surface area contributed by atoms with E-state index in [1.165, 1.54) is 17.7 Å². The zero-order chi connectivity index (χ0) is 26.6. The third-order valence-corrected chi connectivity index (χ3v) is 9.13. The molecule has 0 aliphatic heterocycles. The number of hydrogen-bond donors (Lipinski definition) is 4. The molecule has 1 aliphatic rings. The van der Waals surface area contributed by atoms with Gasteiger partial charge in [0.15, 0.2) is 0 Å². The second kappa shape index (κ2) is 11.5. The van der Waals surface area contributed by atoms with Gasteiger partial charge in [-0.05, 0) is 43.7 Å². The highest BCUT2D eigenvalue weighted by Gasteiger charge is 2.27. The summed E-state index contributed by atoms with van der Waals surface area (Å²) in [5.74, 6) is 1.05. The number of anilines is 2. The number of sulfonamides is 1. The molecule has 1 aliphatic carbocycles. The second-order valence-electron chi connectivity index (χ2n) is 9.38. The van der Waals surface area contributed by atoms with Crippen molar-refractivity contribution in [1.82, 2.24) is 25.0 Å². The van der Waals surface area contributed by atoms with E-state index in [1.807, 2.05) is 26.0 Å². The molecular formula is C25H32N6O4S2. The molecule has 12 heteroatoms. The van der Waals surface area contributed by atoms with Crippen molar-refractivity contribution in [2.24, 2.45) is 0 Å². The molecule has 4 N–H and O–H groups in total. The van der Waals surface area contributed by atoms with Crippen molar-refractivity contribution in [2.45, 2.75) is 69.2 Å². The summed E-state index contributed by atoms with van der Waals surface area (Å²) in [4.78, 5) is 25.0. The summed E-state index contributed by atoms with van der Waals surface area (Å²) in [5.41, 5.74) is 2.07. The molecule has 1 aromatic carbocycles. The Labute approximate surface area is 221 Å². The maximum Gasteiger partial charge on any atom is 0.404 e. The van der Waals surface area contributed by atoms with E-state index in [0.29, 0.717) is 17.1 Å². The molecule has 10 nitrogen and oxygen atoms in total. The first kappa shape index (κ1) is 27.0. The third-order valence-electron chi connectivity index (χ3n) is 6.35. The smallest absolute Gasteiger partial charge is 0.404 e. The van der Waals surface area contributed by atoms with E-state index in [4.69, 9.17) is 5.11 Å². The SMILES string of the molecule is CCNS(=O)(=O)c1cc(Nc2cc(C(C)C)ncn2)ccc1-c1cnc(C2CCC(NC(=O)O)CC2)s1. The summed E-state index contributed by atoms with van der Waals surface area (Å²) >= 11 is 1.49. The molecule has 1 saturated carbocycles. The normalized spacial score (nSPS) is 18.1. The lowest BCUT2D eigenvalue weighted by atomic mass is 9.86.